The smallest absolute Gasteiger partial charge is 0.336 e. The molecule has 1 aliphatic rings. The summed E-state index contributed by atoms with van der Waals surface area (Å²) in [6.45, 7) is 4.39. The number of ether oxygens (including phenoxy) is 1. The number of nitrogens with zero attached hydrogens (tertiary/aromatic N) is 1. The zero-order valence-corrected chi connectivity index (χ0v) is 11.2. The number of carboxylic acids is 1. The van der Waals surface area contributed by atoms with Gasteiger partial charge in [0.25, 0.3) is 5.91 Å². The minimum atomic E-state index is -1.09. The van der Waals surface area contributed by atoms with Crippen LogP contribution in [0.25, 0.3) is 0 Å². The van der Waals surface area contributed by atoms with Crippen molar-refractivity contribution in [1.29, 1.82) is 0 Å². The van der Waals surface area contributed by atoms with Gasteiger partial charge in [0.2, 0.25) is 0 Å². The number of hydrogen-bond acceptors (Lipinski definition) is 4. The molecule has 0 spiro atoms. The molecule has 6 heteroatoms. The summed E-state index contributed by atoms with van der Waals surface area (Å²) in [7, 11) is 0. The van der Waals surface area contributed by atoms with E-state index in [1.807, 2.05) is 0 Å². The lowest BCUT2D eigenvalue weighted by Gasteiger charge is -2.26. The van der Waals surface area contributed by atoms with E-state index in [2.05, 4.69) is 10.2 Å². The fourth-order valence-electron chi connectivity index (χ4n) is 2.12. The van der Waals surface area contributed by atoms with E-state index >= 15 is 0 Å². The van der Waals surface area contributed by atoms with Crippen molar-refractivity contribution in [3.8, 4) is 0 Å². The average molecular weight is 278 g/mol. The lowest BCUT2D eigenvalue weighted by Crippen LogP contribution is -2.41. The van der Waals surface area contributed by atoms with Crippen LogP contribution in [0.1, 0.15) is 20.7 Å². The molecule has 0 bridgehead atoms. The van der Waals surface area contributed by atoms with Gasteiger partial charge in [0.15, 0.2) is 0 Å². The molecule has 1 aromatic rings. The molecule has 0 saturated carbocycles. The molecule has 0 unspecified atom stereocenters. The van der Waals surface area contributed by atoms with Crippen molar-refractivity contribution >= 4 is 11.9 Å². The summed E-state index contributed by atoms with van der Waals surface area (Å²) in [6.07, 6.45) is 0. The van der Waals surface area contributed by atoms with Crippen molar-refractivity contribution < 1.29 is 19.4 Å². The van der Waals surface area contributed by atoms with Crippen molar-refractivity contribution in [3.63, 3.8) is 0 Å². The number of carbonyl (C=O) groups is 2. The number of hydrogen-bond donors (Lipinski definition) is 2. The molecule has 1 aromatic carbocycles. The van der Waals surface area contributed by atoms with Gasteiger partial charge in [0.1, 0.15) is 0 Å². The number of aromatic carboxylic acids is 1. The van der Waals surface area contributed by atoms with E-state index in [0.29, 0.717) is 6.54 Å². The maximum absolute atomic E-state index is 12.0. The topological polar surface area (TPSA) is 78.9 Å². The van der Waals surface area contributed by atoms with Crippen molar-refractivity contribution in [2.45, 2.75) is 0 Å². The first kappa shape index (κ1) is 14.5. The highest BCUT2D eigenvalue weighted by molar-refractivity contribution is 6.04. The minimum absolute atomic E-state index is 0.0244. The molecule has 2 N–H and O–H groups in total. The normalized spacial score (nSPS) is 15.8. The molecule has 108 valence electrons. The first-order chi connectivity index (χ1) is 9.68. The van der Waals surface area contributed by atoms with Crippen LogP contribution in [-0.4, -0.2) is 61.3 Å². The van der Waals surface area contributed by atoms with Gasteiger partial charge in [0.05, 0.1) is 24.3 Å². The second-order valence-electron chi connectivity index (χ2n) is 4.56. The van der Waals surface area contributed by atoms with Crippen LogP contribution in [0, 0.1) is 0 Å². The van der Waals surface area contributed by atoms with E-state index in [0.717, 1.165) is 32.8 Å². The predicted molar refractivity (Wildman–Crippen MR) is 73.0 cm³/mol. The molecular formula is C14H18N2O4. The van der Waals surface area contributed by atoms with E-state index < -0.39 is 5.97 Å². The highest BCUT2D eigenvalue weighted by atomic mass is 16.5. The Labute approximate surface area is 117 Å². The molecule has 6 nitrogen and oxygen atoms in total. The summed E-state index contributed by atoms with van der Waals surface area (Å²) >= 11 is 0. The molecule has 1 saturated heterocycles. The van der Waals surface area contributed by atoms with Crippen LogP contribution in [0.15, 0.2) is 24.3 Å². The lowest BCUT2D eigenvalue weighted by atomic mass is 10.1. The molecular weight excluding hydrogens is 260 g/mol. The number of nitrogens with one attached hydrogen (secondary N) is 1. The largest absolute Gasteiger partial charge is 0.478 e. The third-order valence-electron chi connectivity index (χ3n) is 3.22. The summed E-state index contributed by atoms with van der Waals surface area (Å²) in [6, 6.07) is 6.21. The zero-order valence-electron chi connectivity index (χ0n) is 11.2. The molecule has 0 aliphatic carbocycles. The SMILES string of the molecule is O=C(O)c1ccccc1C(=O)NCCN1CCOCC1. The van der Waals surface area contributed by atoms with Crippen molar-refractivity contribution in [2.24, 2.45) is 0 Å². The number of morpholine rings is 1. The average Bonchev–Trinajstić information content (AvgIpc) is 2.48. The van der Waals surface area contributed by atoms with Gasteiger partial charge >= 0.3 is 5.97 Å². The van der Waals surface area contributed by atoms with Crippen LogP contribution in [-0.2, 0) is 4.74 Å². The Morgan fingerprint density at radius 3 is 2.50 bits per heavy atom. The predicted octanol–water partition coefficient (Wildman–Crippen LogP) is 0.447. The fraction of sp³-hybridized carbons (Fsp3) is 0.429. The third-order valence-corrected chi connectivity index (χ3v) is 3.22. The van der Waals surface area contributed by atoms with Gasteiger partial charge in [-0.05, 0) is 12.1 Å². The van der Waals surface area contributed by atoms with Gasteiger partial charge in [-0.1, -0.05) is 12.1 Å². The van der Waals surface area contributed by atoms with Crippen LogP contribution in [0.2, 0.25) is 0 Å². The Hall–Kier alpha value is -1.92. The van der Waals surface area contributed by atoms with E-state index in [1.165, 1.54) is 12.1 Å². The maximum Gasteiger partial charge on any atom is 0.336 e. The van der Waals surface area contributed by atoms with E-state index in [4.69, 9.17) is 9.84 Å². The molecule has 0 radical (unpaired) electrons. The Morgan fingerprint density at radius 1 is 1.20 bits per heavy atom. The second-order valence-corrected chi connectivity index (χ2v) is 4.56. The monoisotopic (exact) mass is 278 g/mol. The summed E-state index contributed by atoms with van der Waals surface area (Å²) in [5.41, 5.74) is 0.221. The Balaban J connectivity index is 1.87. The standard InChI is InChI=1S/C14H18N2O4/c17-13(11-3-1-2-4-12(11)14(18)19)15-5-6-16-7-9-20-10-8-16/h1-4H,5-10H2,(H,15,17)(H,18,19). The molecule has 0 aromatic heterocycles. The fourth-order valence-corrected chi connectivity index (χ4v) is 2.12. The van der Waals surface area contributed by atoms with Crippen molar-refractivity contribution in [3.05, 3.63) is 35.4 Å². The highest BCUT2D eigenvalue weighted by Gasteiger charge is 2.16. The second kappa shape index (κ2) is 7.02. The molecule has 1 heterocycles. The number of benzene rings is 1. The first-order valence-corrected chi connectivity index (χ1v) is 6.59. The van der Waals surface area contributed by atoms with Crippen LogP contribution in [0.3, 0.4) is 0 Å². The summed E-state index contributed by atoms with van der Waals surface area (Å²) < 4.78 is 5.24. The number of carbonyl (C=O) groups excluding carboxylic acids is 1. The number of rotatable bonds is 5. The molecule has 2 rings (SSSR count). The molecule has 1 amide bonds. The summed E-state index contributed by atoms with van der Waals surface area (Å²) in [5, 5.41) is 11.8. The van der Waals surface area contributed by atoms with E-state index in [-0.39, 0.29) is 17.0 Å². The lowest BCUT2D eigenvalue weighted by molar-refractivity contribution is 0.0383. The Morgan fingerprint density at radius 2 is 1.85 bits per heavy atom. The summed E-state index contributed by atoms with van der Waals surface area (Å²) in [4.78, 5) is 25.2. The van der Waals surface area contributed by atoms with E-state index in [9.17, 15) is 9.59 Å². The van der Waals surface area contributed by atoms with Crippen LogP contribution in [0.5, 0.6) is 0 Å². The van der Waals surface area contributed by atoms with Gasteiger partial charge in [-0.25, -0.2) is 4.79 Å². The highest BCUT2D eigenvalue weighted by Crippen LogP contribution is 2.08. The van der Waals surface area contributed by atoms with Crippen LogP contribution < -0.4 is 5.32 Å². The maximum atomic E-state index is 12.0. The van der Waals surface area contributed by atoms with Crippen LogP contribution in [0.4, 0.5) is 0 Å². The first-order valence-electron chi connectivity index (χ1n) is 6.59. The van der Waals surface area contributed by atoms with Gasteiger partial charge in [0, 0.05) is 26.2 Å². The molecule has 20 heavy (non-hydrogen) atoms. The number of carboxylic acid groups (broad SMARTS) is 1. The zero-order chi connectivity index (χ0) is 14.4. The van der Waals surface area contributed by atoms with Gasteiger partial charge in [-0.2, -0.15) is 0 Å². The Kier molecular flexibility index (Phi) is 5.09. The molecule has 1 fully saturated rings. The molecule has 0 atom stereocenters. The van der Waals surface area contributed by atoms with Crippen molar-refractivity contribution in [1.82, 2.24) is 10.2 Å². The molecule has 1 aliphatic heterocycles. The quantitative estimate of drug-likeness (QED) is 0.817. The number of amides is 1. The van der Waals surface area contributed by atoms with E-state index in [1.54, 1.807) is 12.1 Å². The van der Waals surface area contributed by atoms with Crippen LogP contribution >= 0.6 is 0 Å². The van der Waals surface area contributed by atoms with Gasteiger partial charge in [-0.15, -0.1) is 0 Å². The van der Waals surface area contributed by atoms with Crippen molar-refractivity contribution in [2.75, 3.05) is 39.4 Å². The van der Waals surface area contributed by atoms with Gasteiger partial charge in [-0.3, -0.25) is 9.69 Å². The third kappa shape index (κ3) is 3.79. The summed E-state index contributed by atoms with van der Waals surface area (Å²) in [5.74, 6) is -1.44. The van der Waals surface area contributed by atoms with Gasteiger partial charge < -0.3 is 15.2 Å². The Bertz CT molecular complexity index is 484. The minimum Gasteiger partial charge on any atom is -0.478 e.